The topological polar surface area (TPSA) is 79.6 Å². The lowest BCUT2D eigenvalue weighted by atomic mass is 9.94. The molecule has 1 aliphatic heterocycles. The first kappa shape index (κ1) is 21.0. The van der Waals surface area contributed by atoms with Crippen LogP contribution in [0.5, 0.6) is 0 Å². The second kappa shape index (κ2) is 8.88. The second-order valence-corrected chi connectivity index (χ2v) is 8.68. The molecule has 2 amide bonds. The number of nitrogens with one attached hydrogen (secondary N) is 1. The standard InChI is InChI=1S/C24H29N5O2/c1-16(2)21(25-23(30)18-9-6-8-17(3)14-18)24(31)28-12-7-10-19(15-28)22-27-26-20-11-4-5-13-29(20)22/h4-6,8-9,11,13-14,16,19,21H,7,10,12,15H2,1-3H3,(H,25,30). The number of pyridine rings is 1. The van der Waals surface area contributed by atoms with Crippen LogP contribution in [0.25, 0.3) is 5.65 Å². The van der Waals surface area contributed by atoms with E-state index in [-0.39, 0.29) is 23.7 Å². The number of hydrogen-bond donors (Lipinski definition) is 1. The first-order valence-corrected chi connectivity index (χ1v) is 10.9. The number of piperidine rings is 1. The summed E-state index contributed by atoms with van der Waals surface area (Å²) in [6.45, 7) is 7.15. The SMILES string of the molecule is Cc1cccc(C(=O)NC(C(=O)N2CCCC(c3nnc4ccccn34)C2)C(C)C)c1. The Morgan fingerprint density at radius 2 is 1.97 bits per heavy atom. The molecule has 3 heterocycles. The Hall–Kier alpha value is -3.22. The van der Waals surface area contributed by atoms with Gasteiger partial charge in [0.25, 0.3) is 5.91 Å². The maximum Gasteiger partial charge on any atom is 0.251 e. The maximum absolute atomic E-state index is 13.4. The van der Waals surface area contributed by atoms with Crippen molar-refractivity contribution in [3.63, 3.8) is 0 Å². The molecule has 0 aliphatic carbocycles. The molecule has 1 fully saturated rings. The third kappa shape index (κ3) is 4.45. The van der Waals surface area contributed by atoms with Crippen molar-refractivity contribution in [2.24, 2.45) is 5.92 Å². The molecular formula is C24H29N5O2. The van der Waals surface area contributed by atoms with Gasteiger partial charge in [-0.15, -0.1) is 10.2 Å². The van der Waals surface area contributed by atoms with E-state index in [0.717, 1.165) is 29.9 Å². The molecule has 0 bridgehead atoms. The zero-order valence-electron chi connectivity index (χ0n) is 18.3. The molecule has 0 radical (unpaired) electrons. The molecule has 0 spiro atoms. The van der Waals surface area contributed by atoms with Crippen LogP contribution in [0, 0.1) is 12.8 Å². The summed E-state index contributed by atoms with van der Waals surface area (Å²) in [5, 5.41) is 11.6. The summed E-state index contributed by atoms with van der Waals surface area (Å²) in [5.74, 6) is 0.742. The highest BCUT2D eigenvalue weighted by Gasteiger charge is 2.33. The van der Waals surface area contributed by atoms with Crippen molar-refractivity contribution in [2.75, 3.05) is 13.1 Å². The molecule has 31 heavy (non-hydrogen) atoms. The highest BCUT2D eigenvalue weighted by atomic mass is 16.2. The van der Waals surface area contributed by atoms with E-state index in [2.05, 4.69) is 15.5 Å². The molecule has 2 atom stereocenters. The number of hydrogen-bond acceptors (Lipinski definition) is 4. The summed E-state index contributed by atoms with van der Waals surface area (Å²) in [7, 11) is 0. The quantitative estimate of drug-likeness (QED) is 0.689. The van der Waals surface area contributed by atoms with Gasteiger partial charge in [-0.05, 0) is 49.9 Å². The van der Waals surface area contributed by atoms with E-state index >= 15 is 0 Å². The van der Waals surface area contributed by atoms with Crippen molar-refractivity contribution in [3.05, 3.63) is 65.6 Å². The van der Waals surface area contributed by atoms with Gasteiger partial charge in [-0.25, -0.2) is 0 Å². The van der Waals surface area contributed by atoms with Gasteiger partial charge < -0.3 is 10.2 Å². The Morgan fingerprint density at radius 3 is 2.74 bits per heavy atom. The van der Waals surface area contributed by atoms with Crippen molar-refractivity contribution in [2.45, 2.75) is 45.6 Å². The Bertz CT molecular complexity index is 1090. The van der Waals surface area contributed by atoms with Gasteiger partial charge in [0.15, 0.2) is 5.65 Å². The van der Waals surface area contributed by atoms with Crippen LogP contribution in [0.1, 0.15) is 54.4 Å². The summed E-state index contributed by atoms with van der Waals surface area (Å²) in [5.41, 5.74) is 2.40. The number of carbonyl (C=O) groups excluding carboxylic acids is 2. The van der Waals surface area contributed by atoms with E-state index in [1.165, 1.54) is 0 Å². The highest BCUT2D eigenvalue weighted by molar-refractivity contribution is 5.97. The molecule has 2 aromatic heterocycles. The monoisotopic (exact) mass is 419 g/mol. The van der Waals surface area contributed by atoms with Gasteiger partial charge in [-0.3, -0.25) is 14.0 Å². The zero-order valence-corrected chi connectivity index (χ0v) is 18.3. The highest BCUT2D eigenvalue weighted by Crippen LogP contribution is 2.27. The number of amides is 2. The zero-order chi connectivity index (χ0) is 22.0. The molecule has 7 heteroatoms. The molecule has 4 rings (SSSR count). The summed E-state index contributed by atoms with van der Waals surface area (Å²) in [6.07, 6.45) is 3.82. The van der Waals surface area contributed by atoms with Gasteiger partial charge in [0, 0.05) is 30.8 Å². The summed E-state index contributed by atoms with van der Waals surface area (Å²) in [4.78, 5) is 28.1. The van der Waals surface area contributed by atoms with Crippen LogP contribution in [0.15, 0.2) is 48.7 Å². The van der Waals surface area contributed by atoms with Gasteiger partial charge in [0.05, 0.1) is 0 Å². The van der Waals surface area contributed by atoms with Crippen LogP contribution in [0.4, 0.5) is 0 Å². The van der Waals surface area contributed by atoms with Crippen molar-refractivity contribution in [1.29, 1.82) is 0 Å². The summed E-state index contributed by atoms with van der Waals surface area (Å²) in [6, 6.07) is 12.7. The lowest BCUT2D eigenvalue weighted by Gasteiger charge is -2.35. The third-order valence-electron chi connectivity index (χ3n) is 5.94. The van der Waals surface area contributed by atoms with Crippen LogP contribution < -0.4 is 5.32 Å². The van der Waals surface area contributed by atoms with Crippen LogP contribution in [0.2, 0.25) is 0 Å². The fraction of sp³-hybridized carbons (Fsp3) is 0.417. The minimum atomic E-state index is -0.568. The number of fused-ring (bicyclic) bond motifs is 1. The Balaban J connectivity index is 1.50. The Labute approximate surface area is 182 Å². The third-order valence-corrected chi connectivity index (χ3v) is 5.94. The predicted molar refractivity (Wildman–Crippen MR) is 119 cm³/mol. The number of nitrogens with zero attached hydrogens (tertiary/aromatic N) is 4. The lowest BCUT2D eigenvalue weighted by Crippen LogP contribution is -2.53. The van der Waals surface area contributed by atoms with E-state index in [1.807, 2.05) is 72.7 Å². The van der Waals surface area contributed by atoms with Crippen LogP contribution in [0.3, 0.4) is 0 Å². The maximum atomic E-state index is 13.4. The minimum Gasteiger partial charge on any atom is -0.340 e. The molecule has 3 aromatic rings. The number of aromatic nitrogens is 3. The second-order valence-electron chi connectivity index (χ2n) is 8.68. The first-order valence-electron chi connectivity index (χ1n) is 10.9. The van der Waals surface area contributed by atoms with Crippen LogP contribution in [-0.2, 0) is 4.79 Å². The summed E-state index contributed by atoms with van der Waals surface area (Å²) >= 11 is 0. The molecule has 0 saturated carbocycles. The largest absolute Gasteiger partial charge is 0.340 e. The number of likely N-dealkylation sites (tertiary alicyclic amines) is 1. The number of benzene rings is 1. The van der Waals surface area contributed by atoms with E-state index in [1.54, 1.807) is 6.07 Å². The number of aryl methyl sites for hydroxylation is 1. The molecule has 7 nitrogen and oxygen atoms in total. The average molecular weight is 420 g/mol. The predicted octanol–water partition coefficient (Wildman–Crippen LogP) is 3.20. The van der Waals surface area contributed by atoms with Crippen molar-refractivity contribution in [3.8, 4) is 0 Å². The van der Waals surface area contributed by atoms with Crippen molar-refractivity contribution >= 4 is 17.5 Å². The van der Waals surface area contributed by atoms with E-state index in [0.29, 0.717) is 18.7 Å². The van der Waals surface area contributed by atoms with Gasteiger partial charge in [0.2, 0.25) is 5.91 Å². The fourth-order valence-corrected chi connectivity index (χ4v) is 4.25. The van der Waals surface area contributed by atoms with E-state index < -0.39 is 6.04 Å². The molecule has 2 unspecified atom stereocenters. The molecule has 1 aliphatic rings. The lowest BCUT2D eigenvalue weighted by molar-refractivity contribution is -0.135. The first-order chi connectivity index (χ1) is 14.9. The fourth-order valence-electron chi connectivity index (χ4n) is 4.25. The van der Waals surface area contributed by atoms with Gasteiger partial charge >= 0.3 is 0 Å². The minimum absolute atomic E-state index is 0.0180. The normalized spacial score (nSPS) is 17.7. The smallest absolute Gasteiger partial charge is 0.251 e. The molecule has 1 saturated heterocycles. The van der Waals surface area contributed by atoms with Gasteiger partial charge in [0.1, 0.15) is 11.9 Å². The Kier molecular flexibility index (Phi) is 6.02. The average Bonchev–Trinajstić information content (AvgIpc) is 3.21. The van der Waals surface area contributed by atoms with Crippen molar-refractivity contribution < 1.29 is 9.59 Å². The van der Waals surface area contributed by atoms with Crippen molar-refractivity contribution in [1.82, 2.24) is 24.8 Å². The van der Waals surface area contributed by atoms with Crippen LogP contribution in [-0.4, -0.2) is 50.4 Å². The molecular weight excluding hydrogens is 390 g/mol. The van der Waals surface area contributed by atoms with E-state index in [9.17, 15) is 9.59 Å². The molecule has 1 aromatic carbocycles. The molecule has 162 valence electrons. The number of carbonyl (C=O) groups is 2. The van der Waals surface area contributed by atoms with E-state index in [4.69, 9.17) is 0 Å². The summed E-state index contributed by atoms with van der Waals surface area (Å²) < 4.78 is 2.00. The molecule has 1 N–H and O–H groups in total. The van der Waals surface area contributed by atoms with Gasteiger partial charge in [-0.2, -0.15) is 0 Å². The van der Waals surface area contributed by atoms with Gasteiger partial charge in [-0.1, -0.05) is 37.6 Å². The Morgan fingerprint density at radius 1 is 1.13 bits per heavy atom. The number of rotatable bonds is 5. The van der Waals surface area contributed by atoms with Crippen LogP contribution >= 0.6 is 0 Å².